The molecule has 0 saturated carbocycles. The fraction of sp³-hybridized carbons (Fsp3) is 0.217. The maximum absolute atomic E-state index is 6.05. The van der Waals surface area contributed by atoms with Crippen LogP contribution in [0.5, 0.6) is 11.5 Å². The molecule has 3 rings (SSSR count). The number of halogens is 2. The largest absolute Gasteiger partial charge is 0.490 e. The van der Waals surface area contributed by atoms with Crippen LogP contribution >= 0.6 is 27.5 Å². The van der Waals surface area contributed by atoms with E-state index < -0.39 is 0 Å². The Morgan fingerprint density at radius 1 is 0.857 bits per heavy atom. The Kier molecular flexibility index (Phi) is 7.78. The van der Waals surface area contributed by atoms with Crippen LogP contribution in [0.4, 0.5) is 0 Å². The summed E-state index contributed by atoms with van der Waals surface area (Å²) in [6, 6.07) is 22.0. The molecule has 28 heavy (non-hydrogen) atoms. The number of hydrogen-bond acceptors (Lipinski definition) is 3. The fourth-order valence-electron chi connectivity index (χ4n) is 2.82. The van der Waals surface area contributed by atoms with Crippen LogP contribution in [0.25, 0.3) is 0 Å². The van der Waals surface area contributed by atoms with Crippen molar-refractivity contribution in [1.29, 1.82) is 0 Å². The number of rotatable bonds is 9. The molecular formula is C23H23BrClNO2. The smallest absolute Gasteiger partial charge is 0.162 e. The zero-order chi connectivity index (χ0) is 19.8. The van der Waals surface area contributed by atoms with Crippen molar-refractivity contribution in [1.82, 2.24) is 5.32 Å². The van der Waals surface area contributed by atoms with Gasteiger partial charge in [0.15, 0.2) is 11.5 Å². The van der Waals surface area contributed by atoms with Crippen molar-refractivity contribution in [3.05, 3.63) is 92.9 Å². The third kappa shape index (κ3) is 5.99. The van der Waals surface area contributed by atoms with E-state index in [9.17, 15) is 0 Å². The Morgan fingerprint density at radius 3 is 2.36 bits per heavy atom. The minimum absolute atomic E-state index is 0.429. The highest BCUT2D eigenvalue weighted by Gasteiger charge is 2.11. The molecule has 0 amide bonds. The fourth-order valence-corrected chi connectivity index (χ4v) is 3.49. The van der Waals surface area contributed by atoms with Gasteiger partial charge in [0.1, 0.15) is 6.61 Å². The van der Waals surface area contributed by atoms with Gasteiger partial charge in [-0.3, -0.25) is 0 Å². The number of benzene rings is 3. The molecule has 0 aliphatic rings. The van der Waals surface area contributed by atoms with E-state index in [2.05, 4.69) is 33.4 Å². The Labute approximate surface area is 179 Å². The molecule has 0 fully saturated rings. The van der Waals surface area contributed by atoms with E-state index in [1.165, 1.54) is 5.56 Å². The Balaban J connectivity index is 1.68. The van der Waals surface area contributed by atoms with Gasteiger partial charge < -0.3 is 14.8 Å². The minimum Gasteiger partial charge on any atom is -0.490 e. The molecule has 0 radical (unpaired) electrons. The number of nitrogens with one attached hydrogen (secondary N) is 1. The zero-order valence-corrected chi connectivity index (χ0v) is 18.1. The third-order valence-corrected chi connectivity index (χ3v) is 5.16. The van der Waals surface area contributed by atoms with E-state index in [1.807, 2.05) is 61.5 Å². The maximum Gasteiger partial charge on any atom is 0.162 e. The average molecular weight is 461 g/mol. The molecule has 0 aliphatic heterocycles. The molecular weight excluding hydrogens is 438 g/mol. The van der Waals surface area contributed by atoms with Gasteiger partial charge >= 0.3 is 0 Å². The molecule has 1 N–H and O–H groups in total. The molecule has 0 atom stereocenters. The van der Waals surface area contributed by atoms with Crippen LogP contribution in [0, 0.1) is 0 Å². The van der Waals surface area contributed by atoms with Gasteiger partial charge in [0.25, 0.3) is 0 Å². The van der Waals surface area contributed by atoms with Crippen LogP contribution in [-0.4, -0.2) is 6.61 Å². The van der Waals surface area contributed by atoms with Gasteiger partial charge in [0.2, 0.25) is 0 Å². The summed E-state index contributed by atoms with van der Waals surface area (Å²) in [5.41, 5.74) is 3.39. The maximum atomic E-state index is 6.05. The van der Waals surface area contributed by atoms with Gasteiger partial charge in [-0.15, -0.1) is 0 Å². The van der Waals surface area contributed by atoms with Gasteiger partial charge in [-0.1, -0.05) is 70.0 Å². The molecule has 5 heteroatoms. The third-order valence-electron chi connectivity index (χ3n) is 4.18. The summed E-state index contributed by atoms with van der Waals surface area (Å²) in [4.78, 5) is 0. The molecule has 3 nitrogen and oxygen atoms in total. The first-order valence-corrected chi connectivity index (χ1v) is 10.4. The van der Waals surface area contributed by atoms with E-state index in [1.54, 1.807) is 0 Å². The summed E-state index contributed by atoms with van der Waals surface area (Å²) in [5.74, 6) is 1.45. The molecule has 0 bridgehead atoms. The van der Waals surface area contributed by atoms with E-state index in [-0.39, 0.29) is 0 Å². The standard InChI is InChI=1S/C23H23BrClNO2/c1-2-27-22-12-19(15-26-14-17-7-4-3-5-8-17)21(24)13-23(22)28-16-18-9-6-10-20(25)11-18/h3-13,26H,2,14-16H2,1H3. The lowest BCUT2D eigenvalue weighted by molar-refractivity contribution is 0.269. The summed E-state index contributed by atoms with van der Waals surface area (Å²) >= 11 is 9.71. The molecule has 0 heterocycles. The van der Waals surface area contributed by atoms with Gasteiger partial charge in [-0.05, 0) is 47.9 Å². The van der Waals surface area contributed by atoms with Gasteiger partial charge in [0.05, 0.1) is 6.61 Å². The van der Waals surface area contributed by atoms with E-state index in [0.29, 0.717) is 24.0 Å². The highest BCUT2D eigenvalue weighted by molar-refractivity contribution is 9.10. The molecule has 3 aromatic carbocycles. The SMILES string of the molecule is CCOc1cc(CNCc2ccccc2)c(Br)cc1OCc1cccc(Cl)c1. The quantitative estimate of drug-likeness (QED) is 0.402. The summed E-state index contributed by atoms with van der Waals surface area (Å²) in [5, 5.41) is 4.17. The second-order valence-electron chi connectivity index (χ2n) is 6.33. The molecule has 3 aromatic rings. The second kappa shape index (κ2) is 10.5. The zero-order valence-electron chi connectivity index (χ0n) is 15.8. The predicted octanol–water partition coefficient (Wildman–Crippen LogP) is 6.37. The van der Waals surface area contributed by atoms with E-state index in [0.717, 1.165) is 34.4 Å². The van der Waals surface area contributed by atoms with Crippen molar-refractivity contribution in [2.45, 2.75) is 26.6 Å². The molecule has 0 aromatic heterocycles. The lowest BCUT2D eigenvalue weighted by Crippen LogP contribution is -2.13. The first-order chi connectivity index (χ1) is 13.7. The normalized spacial score (nSPS) is 10.7. The molecule has 0 aliphatic carbocycles. The lowest BCUT2D eigenvalue weighted by atomic mass is 10.1. The Hall–Kier alpha value is -2.01. The van der Waals surface area contributed by atoms with Crippen LogP contribution < -0.4 is 14.8 Å². The highest BCUT2D eigenvalue weighted by Crippen LogP contribution is 2.34. The molecule has 146 valence electrons. The predicted molar refractivity (Wildman–Crippen MR) is 118 cm³/mol. The van der Waals surface area contributed by atoms with E-state index >= 15 is 0 Å². The van der Waals surface area contributed by atoms with Crippen LogP contribution in [0.3, 0.4) is 0 Å². The van der Waals surface area contributed by atoms with Crippen molar-refractivity contribution >= 4 is 27.5 Å². The Bertz CT molecular complexity index is 902. The average Bonchev–Trinajstić information content (AvgIpc) is 2.70. The summed E-state index contributed by atoms with van der Waals surface area (Å²) in [6.07, 6.45) is 0. The van der Waals surface area contributed by atoms with Crippen LogP contribution in [0.1, 0.15) is 23.6 Å². The number of hydrogen-bond donors (Lipinski definition) is 1. The van der Waals surface area contributed by atoms with Crippen molar-refractivity contribution in [3.63, 3.8) is 0 Å². The Morgan fingerprint density at radius 2 is 1.61 bits per heavy atom. The lowest BCUT2D eigenvalue weighted by Gasteiger charge is -2.16. The summed E-state index contributed by atoms with van der Waals surface area (Å²) in [7, 11) is 0. The first kappa shape index (κ1) is 20.7. The first-order valence-electron chi connectivity index (χ1n) is 9.23. The van der Waals surface area contributed by atoms with Crippen LogP contribution in [0.15, 0.2) is 71.2 Å². The van der Waals surface area contributed by atoms with Crippen molar-refractivity contribution in [2.75, 3.05) is 6.61 Å². The van der Waals surface area contributed by atoms with E-state index in [4.69, 9.17) is 21.1 Å². The van der Waals surface area contributed by atoms with Crippen LogP contribution in [0.2, 0.25) is 5.02 Å². The monoisotopic (exact) mass is 459 g/mol. The van der Waals surface area contributed by atoms with Crippen molar-refractivity contribution in [3.8, 4) is 11.5 Å². The summed E-state index contributed by atoms with van der Waals surface area (Å²) in [6.45, 7) is 4.51. The van der Waals surface area contributed by atoms with Crippen LogP contribution in [-0.2, 0) is 19.7 Å². The topological polar surface area (TPSA) is 30.5 Å². The van der Waals surface area contributed by atoms with Crippen molar-refractivity contribution in [2.24, 2.45) is 0 Å². The molecule has 0 unspecified atom stereocenters. The van der Waals surface area contributed by atoms with Gasteiger partial charge in [-0.25, -0.2) is 0 Å². The minimum atomic E-state index is 0.429. The molecule has 0 spiro atoms. The van der Waals surface area contributed by atoms with Gasteiger partial charge in [0, 0.05) is 22.6 Å². The second-order valence-corrected chi connectivity index (χ2v) is 7.62. The van der Waals surface area contributed by atoms with Crippen molar-refractivity contribution < 1.29 is 9.47 Å². The highest BCUT2D eigenvalue weighted by atomic mass is 79.9. The van der Waals surface area contributed by atoms with Gasteiger partial charge in [-0.2, -0.15) is 0 Å². The number of ether oxygens (including phenoxy) is 2. The summed E-state index contributed by atoms with van der Waals surface area (Å²) < 4.78 is 12.8. The molecule has 0 saturated heterocycles.